The maximum absolute atomic E-state index is 13.0. The first-order valence-corrected chi connectivity index (χ1v) is 10.3. The topological polar surface area (TPSA) is 80.3 Å². The summed E-state index contributed by atoms with van der Waals surface area (Å²) in [5.41, 5.74) is 1.27. The minimum atomic E-state index is -0.283. The van der Waals surface area contributed by atoms with Crippen molar-refractivity contribution in [2.75, 3.05) is 58.9 Å². The van der Waals surface area contributed by atoms with Gasteiger partial charge in [-0.3, -0.25) is 4.79 Å². The van der Waals surface area contributed by atoms with E-state index in [0.29, 0.717) is 56.4 Å². The summed E-state index contributed by atoms with van der Waals surface area (Å²) in [6.07, 6.45) is -0.283. The Morgan fingerprint density at radius 3 is 2.71 bits per heavy atom. The van der Waals surface area contributed by atoms with Crippen LogP contribution in [0.1, 0.15) is 10.4 Å². The molecule has 3 amide bonds. The number of rotatable bonds is 8. The lowest BCUT2D eigenvalue weighted by Gasteiger charge is -2.35. The molecule has 31 heavy (non-hydrogen) atoms. The highest BCUT2D eigenvalue weighted by Crippen LogP contribution is 2.18. The van der Waals surface area contributed by atoms with Gasteiger partial charge in [0.15, 0.2) is 0 Å². The molecular formula is C23H29N3O5. The number of carbonyl (C=O) groups excluding carboxylic acids is 2. The molecule has 0 aliphatic carbocycles. The number of anilines is 1. The fourth-order valence-electron chi connectivity index (χ4n) is 3.40. The Morgan fingerprint density at radius 2 is 1.97 bits per heavy atom. The molecule has 1 N–H and O–H groups in total. The van der Waals surface area contributed by atoms with Crippen LogP contribution in [-0.2, 0) is 9.47 Å². The Morgan fingerprint density at radius 1 is 1.16 bits per heavy atom. The average Bonchev–Trinajstić information content (AvgIpc) is 2.82. The third-order valence-corrected chi connectivity index (χ3v) is 5.04. The number of methoxy groups -OCH3 is 2. The van der Waals surface area contributed by atoms with Crippen molar-refractivity contribution >= 4 is 17.6 Å². The van der Waals surface area contributed by atoms with E-state index in [4.69, 9.17) is 14.2 Å². The Kier molecular flexibility index (Phi) is 8.26. The normalized spacial score (nSPS) is 15.9. The van der Waals surface area contributed by atoms with Gasteiger partial charge >= 0.3 is 6.03 Å². The zero-order valence-corrected chi connectivity index (χ0v) is 18.0. The fraction of sp³-hybridized carbons (Fsp3) is 0.391. The van der Waals surface area contributed by atoms with Crippen LogP contribution < -0.4 is 10.1 Å². The minimum Gasteiger partial charge on any atom is -0.497 e. The Bertz CT molecular complexity index is 861. The SMILES string of the molecule is COCCN(CC1CN(C(=O)Nc2cccc(OC)c2)CCO1)C(=O)c1ccccc1. The highest BCUT2D eigenvalue weighted by Gasteiger charge is 2.28. The number of ether oxygens (including phenoxy) is 3. The van der Waals surface area contributed by atoms with Crippen LogP contribution in [0.3, 0.4) is 0 Å². The number of hydrogen-bond acceptors (Lipinski definition) is 5. The van der Waals surface area contributed by atoms with Gasteiger partial charge in [-0.15, -0.1) is 0 Å². The number of nitrogens with one attached hydrogen (secondary N) is 1. The Hall–Kier alpha value is -3.10. The van der Waals surface area contributed by atoms with Gasteiger partial charge in [0.1, 0.15) is 5.75 Å². The molecule has 2 aromatic carbocycles. The number of amides is 3. The van der Waals surface area contributed by atoms with Crippen molar-refractivity contribution in [1.29, 1.82) is 0 Å². The summed E-state index contributed by atoms with van der Waals surface area (Å²) >= 11 is 0. The van der Waals surface area contributed by atoms with Crippen molar-refractivity contribution in [3.05, 3.63) is 60.2 Å². The van der Waals surface area contributed by atoms with E-state index in [0.717, 1.165) is 0 Å². The Balaban J connectivity index is 1.62. The summed E-state index contributed by atoms with van der Waals surface area (Å²) in [4.78, 5) is 29.1. The van der Waals surface area contributed by atoms with Gasteiger partial charge in [0, 0.05) is 44.1 Å². The lowest BCUT2D eigenvalue weighted by Crippen LogP contribution is -2.52. The molecule has 8 heteroatoms. The van der Waals surface area contributed by atoms with Crippen molar-refractivity contribution in [2.45, 2.75) is 6.10 Å². The third-order valence-electron chi connectivity index (χ3n) is 5.04. The number of nitrogens with zero attached hydrogens (tertiary/aromatic N) is 2. The second-order valence-electron chi connectivity index (χ2n) is 7.21. The minimum absolute atomic E-state index is 0.0841. The molecule has 0 radical (unpaired) electrons. The highest BCUT2D eigenvalue weighted by atomic mass is 16.5. The van der Waals surface area contributed by atoms with E-state index in [2.05, 4.69) is 5.32 Å². The molecule has 3 rings (SSSR count). The van der Waals surface area contributed by atoms with Gasteiger partial charge in [-0.2, -0.15) is 0 Å². The van der Waals surface area contributed by atoms with Gasteiger partial charge in [0.25, 0.3) is 5.91 Å². The zero-order valence-electron chi connectivity index (χ0n) is 18.0. The number of hydrogen-bond donors (Lipinski definition) is 1. The molecule has 1 fully saturated rings. The van der Waals surface area contributed by atoms with E-state index in [1.54, 1.807) is 42.2 Å². The molecule has 1 aliphatic heterocycles. The largest absolute Gasteiger partial charge is 0.497 e. The van der Waals surface area contributed by atoms with E-state index < -0.39 is 0 Å². The predicted octanol–water partition coefficient (Wildman–Crippen LogP) is 2.72. The van der Waals surface area contributed by atoms with E-state index in [1.807, 2.05) is 36.4 Å². The van der Waals surface area contributed by atoms with Crippen LogP contribution in [0.5, 0.6) is 5.75 Å². The van der Waals surface area contributed by atoms with Crippen LogP contribution in [0.15, 0.2) is 54.6 Å². The van der Waals surface area contributed by atoms with Crippen LogP contribution in [0, 0.1) is 0 Å². The first kappa shape index (κ1) is 22.6. The van der Waals surface area contributed by atoms with E-state index in [-0.39, 0.29) is 18.0 Å². The van der Waals surface area contributed by atoms with Crippen LogP contribution in [0.4, 0.5) is 10.5 Å². The summed E-state index contributed by atoms with van der Waals surface area (Å²) in [7, 11) is 3.19. The van der Waals surface area contributed by atoms with Crippen molar-refractivity contribution in [1.82, 2.24) is 9.80 Å². The van der Waals surface area contributed by atoms with Crippen molar-refractivity contribution in [2.24, 2.45) is 0 Å². The molecule has 1 atom stereocenters. The maximum Gasteiger partial charge on any atom is 0.322 e. The van der Waals surface area contributed by atoms with Gasteiger partial charge < -0.3 is 29.3 Å². The van der Waals surface area contributed by atoms with Gasteiger partial charge in [-0.1, -0.05) is 24.3 Å². The summed E-state index contributed by atoms with van der Waals surface area (Å²) < 4.78 is 16.2. The maximum atomic E-state index is 13.0. The van der Waals surface area contributed by atoms with Gasteiger partial charge in [-0.25, -0.2) is 4.79 Å². The van der Waals surface area contributed by atoms with E-state index >= 15 is 0 Å². The zero-order chi connectivity index (χ0) is 22.1. The second-order valence-corrected chi connectivity index (χ2v) is 7.21. The van der Waals surface area contributed by atoms with Gasteiger partial charge in [0.05, 0.1) is 33.0 Å². The number of urea groups is 1. The Labute approximate surface area is 182 Å². The number of carbonyl (C=O) groups is 2. The molecule has 0 bridgehead atoms. The molecule has 8 nitrogen and oxygen atoms in total. The molecule has 1 unspecified atom stereocenters. The second kappa shape index (κ2) is 11.3. The molecule has 2 aromatic rings. The predicted molar refractivity (Wildman–Crippen MR) is 118 cm³/mol. The van der Waals surface area contributed by atoms with Gasteiger partial charge in [-0.05, 0) is 24.3 Å². The smallest absolute Gasteiger partial charge is 0.322 e. The van der Waals surface area contributed by atoms with Crippen molar-refractivity contribution < 1.29 is 23.8 Å². The fourth-order valence-corrected chi connectivity index (χ4v) is 3.40. The van der Waals surface area contributed by atoms with Crippen molar-refractivity contribution in [3.63, 3.8) is 0 Å². The molecule has 0 saturated carbocycles. The molecular weight excluding hydrogens is 398 g/mol. The van der Waals surface area contributed by atoms with Gasteiger partial charge in [0.2, 0.25) is 0 Å². The van der Waals surface area contributed by atoms with Crippen molar-refractivity contribution in [3.8, 4) is 5.75 Å². The first-order chi connectivity index (χ1) is 15.1. The van der Waals surface area contributed by atoms with E-state index in [9.17, 15) is 9.59 Å². The lowest BCUT2D eigenvalue weighted by atomic mass is 10.1. The summed E-state index contributed by atoms with van der Waals surface area (Å²) in [5, 5.41) is 2.89. The first-order valence-electron chi connectivity index (χ1n) is 10.3. The molecule has 1 heterocycles. The summed E-state index contributed by atoms with van der Waals surface area (Å²) in [5.74, 6) is 0.588. The summed E-state index contributed by atoms with van der Waals surface area (Å²) in [6, 6.07) is 16.1. The van der Waals surface area contributed by atoms with Crippen LogP contribution in [-0.4, -0.2) is 81.5 Å². The molecule has 0 aromatic heterocycles. The third kappa shape index (κ3) is 6.44. The molecule has 166 valence electrons. The highest BCUT2D eigenvalue weighted by molar-refractivity contribution is 5.94. The number of benzene rings is 2. The number of morpholine rings is 1. The quantitative estimate of drug-likeness (QED) is 0.701. The van der Waals surface area contributed by atoms with Crippen LogP contribution in [0.2, 0.25) is 0 Å². The monoisotopic (exact) mass is 427 g/mol. The molecule has 1 aliphatic rings. The molecule has 0 spiro atoms. The summed E-state index contributed by atoms with van der Waals surface area (Å²) in [6.45, 7) is 2.53. The average molecular weight is 428 g/mol. The van der Waals surface area contributed by atoms with Crippen LogP contribution >= 0.6 is 0 Å². The van der Waals surface area contributed by atoms with E-state index in [1.165, 1.54) is 0 Å². The van der Waals surface area contributed by atoms with Crippen LogP contribution in [0.25, 0.3) is 0 Å². The molecule has 1 saturated heterocycles. The standard InChI is InChI=1S/C23H29N3O5/c1-29-13-11-25(22(27)18-7-4-3-5-8-18)16-21-17-26(12-14-31-21)23(28)24-19-9-6-10-20(15-19)30-2/h3-10,15,21H,11-14,16-17H2,1-2H3,(H,24,28). The lowest BCUT2D eigenvalue weighted by molar-refractivity contribution is -0.0280.